The number of likely N-dealkylation sites (N-methyl/N-ethyl adjacent to an activating group) is 2. The van der Waals surface area contributed by atoms with Gasteiger partial charge in [-0.15, -0.1) is 0 Å². The number of urea groups is 1. The highest BCUT2D eigenvalue weighted by atomic mass is 16.2. The van der Waals surface area contributed by atoms with Gasteiger partial charge in [0.25, 0.3) is 0 Å². The Morgan fingerprint density at radius 2 is 1.69 bits per heavy atom. The molecule has 0 saturated heterocycles. The fourth-order valence-electron chi connectivity index (χ4n) is 3.58. The number of nitrogens with zero attached hydrogens (tertiary/aromatic N) is 3. The molecule has 1 aliphatic rings. The van der Waals surface area contributed by atoms with Gasteiger partial charge in [0.05, 0.1) is 0 Å². The van der Waals surface area contributed by atoms with Crippen molar-refractivity contribution >= 4 is 11.7 Å². The maximum atomic E-state index is 13.1. The molecule has 0 aliphatic carbocycles. The van der Waals surface area contributed by atoms with Gasteiger partial charge in [0.1, 0.15) is 0 Å². The Hall–Kier alpha value is -2.33. The van der Waals surface area contributed by atoms with Crippen LogP contribution >= 0.6 is 0 Å². The molecule has 138 valence electrons. The number of para-hydroxylation sites is 1. The Balaban J connectivity index is 1.83. The second kappa shape index (κ2) is 8.37. The monoisotopic (exact) mass is 351 g/mol. The van der Waals surface area contributed by atoms with E-state index in [1.165, 1.54) is 11.1 Å². The Morgan fingerprint density at radius 1 is 1.00 bits per heavy atom. The van der Waals surface area contributed by atoms with Gasteiger partial charge >= 0.3 is 6.03 Å². The van der Waals surface area contributed by atoms with Gasteiger partial charge in [-0.3, -0.25) is 4.90 Å². The summed E-state index contributed by atoms with van der Waals surface area (Å²) in [4.78, 5) is 19.0. The summed E-state index contributed by atoms with van der Waals surface area (Å²) in [5, 5.41) is 0. The number of anilines is 1. The zero-order chi connectivity index (χ0) is 18.5. The average Bonchev–Trinajstić information content (AvgIpc) is 2.86. The zero-order valence-electron chi connectivity index (χ0n) is 16.1. The Labute approximate surface area is 157 Å². The fraction of sp³-hybridized carbons (Fsp3) is 0.409. The minimum absolute atomic E-state index is 0.0908. The predicted octanol–water partition coefficient (Wildman–Crippen LogP) is 3.84. The third-order valence-electron chi connectivity index (χ3n) is 5.16. The number of rotatable bonds is 4. The van der Waals surface area contributed by atoms with Gasteiger partial charge in [0.2, 0.25) is 0 Å². The molecule has 4 nitrogen and oxygen atoms in total. The summed E-state index contributed by atoms with van der Waals surface area (Å²) in [6.45, 7) is 2.35. The topological polar surface area (TPSA) is 26.8 Å². The van der Waals surface area contributed by atoms with Crippen molar-refractivity contribution in [3.8, 4) is 0 Å². The van der Waals surface area contributed by atoms with Crippen LogP contribution in [0.2, 0.25) is 0 Å². The van der Waals surface area contributed by atoms with Crippen LogP contribution in [0.25, 0.3) is 0 Å². The fourth-order valence-corrected chi connectivity index (χ4v) is 3.58. The number of amides is 2. The van der Waals surface area contributed by atoms with E-state index in [-0.39, 0.29) is 6.03 Å². The minimum atomic E-state index is 0.0908. The van der Waals surface area contributed by atoms with Crippen molar-refractivity contribution in [2.45, 2.75) is 18.8 Å². The molecule has 0 fully saturated rings. The first-order chi connectivity index (χ1) is 12.6. The average molecular weight is 351 g/mol. The molecule has 3 rings (SSSR count). The van der Waals surface area contributed by atoms with Crippen molar-refractivity contribution in [3.63, 3.8) is 0 Å². The van der Waals surface area contributed by atoms with E-state index < -0.39 is 0 Å². The second-order valence-corrected chi connectivity index (χ2v) is 7.39. The standard InChI is InChI=1S/C22H29N3O/c1-23(2)15-16-24(3)22(26)25-14-13-19(18-9-5-4-6-10-18)17-20-11-7-8-12-21(20)25/h4-12,19H,13-17H2,1-3H3. The predicted molar refractivity (Wildman–Crippen MR) is 108 cm³/mol. The first kappa shape index (κ1) is 18.5. The SMILES string of the molecule is CN(C)CCN(C)C(=O)N1CCC(c2ccccc2)Cc2ccccc21. The van der Waals surface area contributed by atoms with E-state index in [0.717, 1.165) is 38.2 Å². The first-order valence-electron chi connectivity index (χ1n) is 9.36. The molecule has 26 heavy (non-hydrogen) atoms. The lowest BCUT2D eigenvalue weighted by Crippen LogP contribution is -2.44. The van der Waals surface area contributed by atoms with Crippen molar-refractivity contribution in [3.05, 3.63) is 65.7 Å². The van der Waals surface area contributed by atoms with E-state index in [4.69, 9.17) is 0 Å². The normalized spacial score (nSPS) is 16.9. The summed E-state index contributed by atoms with van der Waals surface area (Å²) >= 11 is 0. The van der Waals surface area contributed by atoms with Crippen LogP contribution in [0.5, 0.6) is 0 Å². The van der Waals surface area contributed by atoms with Gasteiger partial charge in [-0.25, -0.2) is 4.79 Å². The van der Waals surface area contributed by atoms with E-state index in [1.807, 2.05) is 37.0 Å². The van der Waals surface area contributed by atoms with Crippen LogP contribution in [0.4, 0.5) is 10.5 Å². The van der Waals surface area contributed by atoms with E-state index in [9.17, 15) is 4.79 Å². The molecule has 0 bridgehead atoms. The van der Waals surface area contributed by atoms with Crippen LogP contribution in [0, 0.1) is 0 Å². The molecule has 1 atom stereocenters. The van der Waals surface area contributed by atoms with Crippen LogP contribution in [0.3, 0.4) is 0 Å². The van der Waals surface area contributed by atoms with Crippen molar-refractivity contribution in [1.29, 1.82) is 0 Å². The summed E-state index contributed by atoms with van der Waals surface area (Å²) in [5.41, 5.74) is 3.68. The number of hydrogen-bond acceptors (Lipinski definition) is 2. The highest BCUT2D eigenvalue weighted by Crippen LogP contribution is 2.34. The van der Waals surface area contributed by atoms with Crippen molar-refractivity contribution in [1.82, 2.24) is 9.80 Å². The summed E-state index contributed by atoms with van der Waals surface area (Å²) in [7, 11) is 5.96. The largest absolute Gasteiger partial charge is 0.326 e. The number of hydrogen-bond donors (Lipinski definition) is 0. The first-order valence-corrected chi connectivity index (χ1v) is 9.36. The van der Waals surface area contributed by atoms with E-state index in [2.05, 4.69) is 53.4 Å². The molecule has 0 radical (unpaired) electrons. The van der Waals surface area contributed by atoms with E-state index in [1.54, 1.807) is 0 Å². The molecule has 0 spiro atoms. The summed E-state index contributed by atoms with van der Waals surface area (Å²) < 4.78 is 0. The highest BCUT2D eigenvalue weighted by molar-refractivity contribution is 5.93. The summed E-state index contributed by atoms with van der Waals surface area (Å²) in [6, 6.07) is 19.1. The van der Waals surface area contributed by atoms with E-state index in [0.29, 0.717) is 5.92 Å². The lowest BCUT2D eigenvalue weighted by Gasteiger charge is -2.29. The summed E-state index contributed by atoms with van der Waals surface area (Å²) in [5.74, 6) is 0.447. The maximum absolute atomic E-state index is 13.1. The van der Waals surface area contributed by atoms with Gasteiger partial charge in [-0.05, 0) is 50.0 Å². The molecule has 1 aliphatic heterocycles. The summed E-state index contributed by atoms with van der Waals surface area (Å²) in [6.07, 6.45) is 1.96. The number of fused-ring (bicyclic) bond motifs is 1. The molecule has 0 N–H and O–H groups in total. The third-order valence-corrected chi connectivity index (χ3v) is 5.16. The van der Waals surface area contributed by atoms with Crippen LogP contribution in [0.1, 0.15) is 23.5 Å². The lowest BCUT2D eigenvalue weighted by atomic mass is 9.90. The number of carbonyl (C=O) groups is 1. The second-order valence-electron chi connectivity index (χ2n) is 7.39. The van der Waals surface area contributed by atoms with Crippen LogP contribution in [0.15, 0.2) is 54.6 Å². The van der Waals surface area contributed by atoms with Crippen molar-refractivity contribution in [2.75, 3.05) is 45.7 Å². The molecule has 1 unspecified atom stereocenters. The molecular weight excluding hydrogens is 322 g/mol. The molecule has 0 saturated carbocycles. The maximum Gasteiger partial charge on any atom is 0.324 e. The van der Waals surface area contributed by atoms with Crippen LogP contribution < -0.4 is 4.90 Å². The Bertz CT molecular complexity index is 729. The Kier molecular flexibility index (Phi) is 5.94. The van der Waals surface area contributed by atoms with Crippen LogP contribution in [-0.4, -0.2) is 56.6 Å². The molecule has 2 amide bonds. The van der Waals surface area contributed by atoms with Crippen molar-refractivity contribution < 1.29 is 4.79 Å². The third kappa shape index (κ3) is 4.25. The quantitative estimate of drug-likeness (QED) is 0.837. The van der Waals surface area contributed by atoms with Gasteiger partial charge in [-0.1, -0.05) is 48.5 Å². The molecule has 1 heterocycles. The molecule has 4 heteroatoms. The number of carbonyl (C=O) groups excluding carboxylic acids is 1. The molecular formula is C22H29N3O. The van der Waals surface area contributed by atoms with Crippen LogP contribution in [-0.2, 0) is 6.42 Å². The lowest BCUT2D eigenvalue weighted by molar-refractivity contribution is 0.210. The molecule has 2 aromatic carbocycles. The van der Waals surface area contributed by atoms with Gasteiger partial charge in [0, 0.05) is 32.4 Å². The van der Waals surface area contributed by atoms with Gasteiger partial charge in [0.15, 0.2) is 0 Å². The highest BCUT2D eigenvalue weighted by Gasteiger charge is 2.27. The van der Waals surface area contributed by atoms with Gasteiger partial charge < -0.3 is 9.80 Å². The van der Waals surface area contributed by atoms with Crippen molar-refractivity contribution in [2.24, 2.45) is 0 Å². The van der Waals surface area contributed by atoms with Gasteiger partial charge in [-0.2, -0.15) is 0 Å². The molecule has 2 aromatic rings. The van der Waals surface area contributed by atoms with E-state index >= 15 is 0 Å². The zero-order valence-corrected chi connectivity index (χ0v) is 16.1. The Morgan fingerprint density at radius 3 is 2.42 bits per heavy atom. The smallest absolute Gasteiger partial charge is 0.324 e. The minimum Gasteiger partial charge on any atom is -0.326 e. The molecule has 0 aromatic heterocycles. The number of benzene rings is 2.